The number of aromatic nitrogens is 1. The molecule has 2 heteroatoms. The van der Waals surface area contributed by atoms with Gasteiger partial charge >= 0.3 is 0 Å². The molecule has 0 saturated carbocycles. The number of fused-ring (bicyclic) bond motifs is 1. The van der Waals surface area contributed by atoms with Crippen molar-refractivity contribution >= 4 is 10.8 Å². The molecule has 2 nitrogen and oxygen atoms in total. The van der Waals surface area contributed by atoms with Crippen LogP contribution in [0.4, 0.5) is 0 Å². The minimum atomic E-state index is 0.655. The standard InChI is InChI=1S/C13H15NO/c1-3-10-6-5-7-12-11(10)8-9-14-13(12)15-4-2/h5-9H,3-4H2,1-2H3. The Kier molecular flexibility index (Phi) is 2.86. The number of ether oxygens (including phenoxy) is 1. The first-order chi connectivity index (χ1) is 7.36. The monoisotopic (exact) mass is 201 g/mol. The third kappa shape index (κ3) is 1.80. The summed E-state index contributed by atoms with van der Waals surface area (Å²) in [4.78, 5) is 4.25. The Hall–Kier alpha value is -1.57. The van der Waals surface area contributed by atoms with Gasteiger partial charge in [0.15, 0.2) is 0 Å². The van der Waals surface area contributed by atoms with Crippen molar-refractivity contribution in [3.8, 4) is 5.88 Å². The molecule has 1 aromatic heterocycles. The second-order valence-electron chi connectivity index (χ2n) is 3.41. The second kappa shape index (κ2) is 4.30. The summed E-state index contributed by atoms with van der Waals surface area (Å²) in [5.41, 5.74) is 1.34. The zero-order valence-electron chi connectivity index (χ0n) is 9.16. The molecule has 0 unspecified atom stereocenters. The van der Waals surface area contributed by atoms with E-state index in [1.165, 1.54) is 10.9 Å². The van der Waals surface area contributed by atoms with Gasteiger partial charge in [-0.2, -0.15) is 0 Å². The normalized spacial score (nSPS) is 10.5. The van der Waals surface area contributed by atoms with Crippen LogP contribution < -0.4 is 4.74 Å². The molecule has 1 aromatic carbocycles. The van der Waals surface area contributed by atoms with E-state index in [2.05, 4.69) is 36.2 Å². The number of hydrogen-bond acceptors (Lipinski definition) is 2. The Morgan fingerprint density at radius 2 is 2.00 bits per heavy atom. The summed E-state index contributed by atoms with van der Waals surface area (Å²) in [7, 11) is 0. The maximum absolute atomic E-state index is 5.51. The molecule has 0 fully saturated rings. The molecule has 0 aliphatic carbocycles. The number of rotatable bonds is 3. The van der Waals surface area contributed by atoms with Crippen molar-refractivity contribution in [2.24, 2.45) is 0 Å². The molecule has 0 spiro atoms. The van der Waals surface area contributed by atoms with Gasteiger partial charge in [-0.05, 0) is 36.4 Å². The molecule has 0 amide bonds. The van der Waals surface area contributed by atoms with Gasteiger partial charge in [-0.1, -0.05) is 19.1 Å². The van der Waals surface area contributed by atoms with E-state index in [4.69, 9.17) is 4.74 Å². The summed E-state index contributed by atoms with van der Waals surface area (Å²) >= 11 is 0. The van der Waals surface area contributed by atoms with Crippen molar-refractivity contribution in [3.05, 3.63) is 36.0 Å². The van der Waals surface area contributed by atoms with E-state index in [1.54, 1.807) is 0 Å². The Balaban J connectivity index is 2.65. The molecule has 1 heterocycles. The van der Waals surface area contributed by atoms with Crippen LogP contribution >= 0.6 is 0 Å². The van der Waals surface area contributed by atoms with Gasteiger partial charge in [-0.15, -0.1) is 0 Å². The Morgan fingerprint density at radius 1 is 1.13 bits per heavy atom. The van der Waals surface area contributed by atoms with Crippen molar-refractivity contribution in [2.75, 3.05) is 6.61 Å². The Morgan fingerprint density at radius 3 is 2.73 bits per heavy atom. The van der Waals surface area contributed by atoms with Gasteiger partial charge in [-0.3, -0.25) is 0 Å². The van der Waals surface area contributed by atoms with Crippen LogP contribution in [0.3, 0.4) is 0 Å². The first kappa shape index (κ1) is 9.97. The van der Waals surface area contributed by atoms with Gasteiger partial charge < -0.3 is 4.74 Å². The smallest absolute Gasteiger partial charge is 0.221 e. The Bertz CT molecular complexity index is 465. The molecule has 0 radical (unpaired) electrons. The van der Waals surface area contributed by atoms with E-state index in [0.29, 0.717) is 6.61 Å². The predicted molar refractivity (Wildman–Crippen MR) is 62.3 cm³/mol. The summed E-state index contributed by atoms with van der Waals surface area (Å²) < 4.78 is 5.51. The molecule has 2 rings (SSSR count). The number of pyridine rings is 1. The van der Waals surface area contributed by atoms with Crippen LogP contribution in [0.15, 0.2) is 30.5 Å². The van der Waals surface area contributed by atoms with Crippen molar-refractivity contribution in [1.29, 1.82) is 0 Å². The number of hydrogen-bond donors (Lipinski definition) is 0. The fraction of sp³-hybridized carbons (Fsp3) is 0.308. The third-order valence-electron chi connectivity index (χ3n) is 2.52. The van der Waals surface area contributed by atoms with Crippen LogP contribution in [-0.4, -0.2) is 11.6 Å². The largest absolute Gasteiger partial charge is 0.478 e. The summed E-state index contributed by atoms with van der Waals surface area (Å²) in [5.74, 6) is 0.741. The van der Waals surface area contributed by atoms with Crippen LogP contribution in [0.5, 0.6) is 5.88 Å². The molecule has 0 bridgehead atoms. The van der Waals surface area contributed by atoms with Crippen molar-refractivity contribution in [2.45, 2.75) is 20.3 Å². The number of benzene rings is 1. The molecule has 78 valence electrons. The lowest BCUT2D eigenvalue weighted by Crippen LogP contribution is -1.95. The average molecular weight is 201 g/mol. The molecular weight excluding hydrogens is 186 g/mol. The van der Waals surface area contributed by atoms with E-state index in [9.17, 15) is 0 Å². The van der Waals surface area contributed by atoms with Crippen molar-refractivity contribution in [3.63, 3.8) is 0 Å². The van der Waals surface area contributed by atoms with Crippen LogP contribution in [0, 0.1) is 0 Å². The van der Waals surface area contributed by atoms with E-state index in [1.807, 2.05) is 13.1 Å². The minimum Gasteiger partial charge on any atom is -0.478 e. The predicted octanol–water partition coefficient (Wildman–Crippen LogP) is 3.20. The molecule has 0 saturated heterocycles. The van der Waals surface area contributed by atoms with Crippen LogP contribution in [0.2, 0.25) is 0 Å². The van der Waals surface area contributed by atoms with Crippen LogP contribution in [-0.2, 0) is 6.42 Å². The zero-order valence-corrected chi connectivity index (χ0v) is 9.16. The van der Waals surface area contributed by atoms with Crippen molar-refractivity contribution < 1.29 is 4.74 Å². The van der Waals surface area contributed by atoms with E-state index < -0.39 is 0 Å². The fourth-order valence-electron chi connectivity index (χ4n) is 1.81. The highest BCUT2D eigenvalue weighted by Crippen LogP contribution is 2.25. The zero-order chi connectivity index (χ0) is 10.7. The summed E-state index contributed by atoms with van der Waals surface area (Å²) in [6.45, 7) is 4.79. The topological polar surface area (TPSA) is 22.1 Å². The van der Waals surface area contributed by atoms with E-state index in [-0.39, 0.29) is 0 Å². The van der Waals surface area contributed by atoms with E-state index in [0.717, 1.165) is 17.7 Å². The van der Waals surface area contributed by atoms with Gasteiger partial charge in [0, 0.05) is 11.6 Å². The molecule has 0 aliphatic heterocycles. The van der Waals surface area contributed by atoms with Gasteiger partial charge in [0.1, 0.15) is 0 Å². The fourth-order valence-corrected chi connectivity index (χ4v) is 1.81. The molecule has 0 aliphatic rings. The molecular formula is C13H15NO. The number of nitrogens with zero attached hydrogens (tertiary/aromatic N) is 1. The van der Waals surface area contributed by atoms with Gasteiger partial charge in [-0.25, -0.2) is 4.98 Å². The molecule has 15 heavy (non-hydrogen) atoms. The van der Waals surface area contributed by atoms with E-state index >= 15 is 0 Å². The van der Waals surface area contributed by atoms with Gasteiger partial charge in [0.25, 0.3) is 0 Å². The summed E-state index contributed by atoms with van der Waals surface area (Å²) in [5, 5.41) is 2.36. The summed E-state index contributed by atoms with van der Waals surface area (Å²) in [6.07, 6.45) is 2.85. The maximum Gasteiger partial charge on any atom is 0.221 e. The maximum atomic E-state index is 5.51. The summed E-state index contributed by atoms with van der Waals surface area (Å²) in [6, 6.07) is 8.33. The first-order valence-corrected chi connectivity index (χ1v) is 5.36. The lowest BCUT2D eigenvalue weighted by atomic mass is 10.0. The van der Waals surface area contributed by atoms with Crippen molar-refractivity contribution in [1.82, 2.24) is 4.98 Å². The Labute approximate surface area is 89.9 Å². The second-order valence-corrected chi connectivity index (χ2v) is 3.41. The lowest BCUT2D eigenvalue weighted by Gasteiger charge is -2.08. The quantitative estimate of drug-likeness (QED) is 0.760. The molecule has 0 N–H and O–H groups in total. The highest BCUT2D eigenvalue weighted by Gasteiger charge is 2.04. The first-order valence-electron chi connectivity index (χ1n) is 5.36. The number of aryl methyl sites for hydroxylation is 1. The van der Waals surface area contributed by atoms with Crippen LogP contribution in [0.25, 0.3) is 10.8 Å². The molecule has 2 aromatic rings. The molecule has 0 atom stereocenters. The SMILES string of the molecule is CCOc1nccc2c(CC)cccc12. The van der Waals surface area contributed by atoms with Gasteiger partial charge in [0.05, 0.1) is 6.61 Å². The lowest BCUT2D eigenvalue weighted by molar-refractivity contribution is 0.331. The highest BCUT2D eigenvalue weighted by atomic mass is 16.5. The minimum absolute atomic E-state index is 0.655. The average Bonchev–Trinajstić information content (AvgIpc) is 2.29. The highest BCUT2D eigenvalue weighted by molar-refractivity contribution is 5.89. The third-order valence-corrected chi connectivity index (χ3v) is 2.52. The van der Waals surface area contributed by atoms with Gasteiger partial charge in [0.2, 0.25) is 5.88 Å². The van der Waals surface area contributed by atoms with Crippen LogP contribution in [0.1, 0.15) is 19.4 Å².